The average molecular weight is 223 g/mol. The molecule has 0 spiro atoms. The van der Waals surface area contributed by atoms with Crippen LogP contribution in [0, 0.1) is 5.82 Å². The molecule has 0 aliphatic carbocycles. The molecule has 13 heavy (non-hydrogen) atoms. The zero-order valence-corrected chi connectivity index (χ0v) is 8.79. The van der Waals surface area contributed by atoms with Crippen LogP contribution in [0.4, 0.5) is 4.39 Å². The van der Waals surface area contributed by atoms with E-state index in [1.54, 1.807) is 0 Å². The molecular weight excluding hydrogens is 214 g/mol. The standard InChI is InChI=1S/C9H9Cl2FO/c1-5(2)13-9-4-8(12)6(10)3-7(9)11/h3-5H,1-2H3. The molecule has 0 amide bonds. The van der Waals surface area contributed by atoms with Gasteiger partial charge in [0.1, 0.15) is 11.6 Å². The van der Waals surface area contributed by atoms with Crippen molar-refractivity contribution in [3.05, 3.63) is 28.0 Å². The minimum Gasteiger partial charge on any atom is -0.489 e. The molecule has 1 nitrogen and oxygen atoms in total. The van der Waals surface area contributed by atoms with Gasteiger partial charge in [0.15, 0.2) is 0 Å². The fourth-order valence-corrected chi connectivity index (χ4v) is 1.28. The second-order valence-corrected chi connectivity index (χ2v) is 3.68. The monoisotopic (exact) mass is 222 g/mol. The molecule has 0 aromatic heterocycles. The second-order valence-electron chi connectivity index (χ2n) is 2.86. The number of benzene rings is 1. The molecule has 0 radical (unpaired) electrons. The highest BCUT2D eigenvalue weighted by Crippen LogP contribution is 2.30. The summed E-state index contributed by atoms with van der Waals surface area (Å²) in [7, 11) is 0. The number of halogens is 3. The largest absolute Gasteiger partial charge is 0.489 e. The Morgan fingerprint density at radius 1 is 1.23 bits per heavy atom. The summed E-state index contributed by atoms with van der Waals surface area (Å²) < 4.78 is 18.2. The third kappa shape index (κ3) is 2.75. The first kappa shape index (κ1) is 10.6. The second kappa shape index (κ2) is 4.16. The number of rotatable bonds is 2. The predicted molar refractivity (Wildman–Crippen MR) is 52.2 cm³/mol. The molecule has 1 aromatic rings. The first-order valence-electron chi connectivity index (χ1n) is 3.82. The summed E-state index contributed by atoms with van der Waals surface area (Å²) in [4.78, 5) is 0. The van der Waals surface area contributed by atoms with Gasteiger partial charge in [-0.05, 0) is 19.9 Å². The van der Waals surface area contributed by atoms with Gasteiger partial charge in [-0.3, -0.25) is 0 Å². The van der Waals surface area contributed by atoms with Crippen LogP contribution in [0.5, 0.6) is 5.75 Å². The van der Waals surface area contributed by atoms with Crippen molar-refractivity contribution in [2.24, 2.45) is 0 Å². The Kier molecular flexibility index (Phi) is 3.40. The van der Waals surface area contributed by atoms with E-state index in [1.165, 1.54) is 12.1 Å². The lowest BCUT2D eigenvalue weighted by Gasteiger charge is -2.11. The van der Waals surface area contributed by atoms with Crippen molar-refractivity contribution >= 4 is 23.2 Å². The van der Waals surface area contributed by atoms with Gasteiger partial charge in [0.05, 0.1) is 16.1 Å². The van der Waals surface area contributed by atoms with E-state index in [0.29, 0.717) is 10.8 Å². The van der Waals surface area contributed by atoms with Crippen LogP contribution >= 0.6 is 23.2 Å². The third-order valence-electron chi connectivity index (χ3n) is 1.34. The Labute approximate surface area is 86.4 Å². The molecule has 0 saturated carbocycles. The summed E-state index contributed by atoms with van der Waals surface area (Å²) in [5, 5.41) is 0.321. The van der Waals surface area contributed by atoms with E-state index in [2.05, 4.69) is 0 Å². The van der Waals surface area contributed by atoms with Crippen molar-refractivity contribution in [2.45, 2.75) is 20.0 Å². The first-order valence-corrected chi connectivity index (χ1v) is 4.57. The maximum absolute atomic E-state index is 12.9. The topological polar surface area (TPSA) is 9.23 Å². The Hall–Kier alpha value is -0.470. The van der Waals surface area contributed by atoms with Gasteiger partial charge >= 0.3 is 0 Å². The van der Waals surface area contributed by atoms with Gasteiger partial charge in [-0.15, -0.1) is 0 Å². The van der Waals surface area contributed by atoms with E-state index in [1.807, 2.05) is 13.8 Å². The van der Waals surface area contributed by atoms with E-state index in [9.17, 15) is 4.39 Å². The quantitative estimate of drug-likeness (QED) is 0.690. The van der Waals surface area contributed by atoms with E-state index < -0.39 is 5.82 Å². The zero-order valence-electron chi connectivity index (χ0n) is 7.27. The predicted octanol–water partition coefficient (Wildman–Crippen LogP) is 3.92. The number of hydrogen-bond donors (Lipinski definition) is 0. The Morgan fingerprint density at radius 2 is 1.85 bits per heavy atom. The van der Waals surface area contributed by atoms with Crippen LogP contribution in [0.15, 0.2) is 12.1 Å². The van der Waals surface area contributed by atoms with Crippen molar-refractivity contribution in [1.82, 2.24) is 0 Å². The van der Waals surface area contributed by atoms with E-state index in [-0.39, 0.29) is 11.1 Å². The minimum absolute atomic E-state index is 0.00102. The molecule has 0 aliphatic heterocycles. The molecule has 0 unspecified atom stereocenters. The highest BCUT2D eigenvalue weighted by molar-refractivity contribution is 6.35. The molecule has 0 saturated heterocycles. The molecule has 0 aliphatic rings. The van der Waals surface area contributed by atoms with Gasteiger partial charge < -0.3 is 4.74 Å². The SMILES string of the molecule is CC(C)Oc1cc(F)c(Cl)cc1Cl. The third-order valence-corrected chi connectivity index (χ3v) is 1.92. The van der Waals surface area contributed by atoms with Crippen LogP contribution in [-0.2, 0) is 0 Å². The Bertz CT molecular complexity index is 313. The van der Waals surface area contributed by atoms with Gasteiger partial charge in [0, 0.05) is 6.07 Å². The molecule has 1 rings (SSSR count). The van der Waals surface area contributed by atoms with Gasteiger partial charge in [-0.1, -0.05) is 23.2 Å². The highest BCUT2D eigenvalue weighted by Gasteiger charge is 2.08. The zero-order chi connectivity index (χ0) is 10.0. The molecular formula is C9H9Cl2FO. The van der Waals surface area contributed by atoms with Crippen molar-refractivity contribution in [3.63, 3.8) is 0 Å². The molecule has 0 fully saturated rings. The summed E-state index contributed by atoms with van der Waals surface area (Å²) in [6.45, 7) is 3.67. The van der Waals surface area contributed by atoms with Gasteiger partial charge in [0.2, 0.25) is 0 Å². The van der Waals surface area contributed by atoms with Crippen LogP contribution < -0.4 is 4.74 Å². The fraction of sp³-hybridized carbons (Fsp3) is 0.333. The van der Waals surface area contributed by atoms with Crippen molar-refractivity contribution in [2.75, 3.05) is 0 Å². The molecule has 0 atom stereocenters. The molecule has 0 bridgehead atoms. The van der Waals surface area contributed by atoms with Crippen molar-refractivity contribution in [3.8, 4) is 5.75 Å². The van der Waals surface area contributed by atoms with Crippen LogP contribution in [0.25, 0.3) is 0 Å². The lowest BCUT2D eigenvalue weighted by Crippen LogP contribution is -2.06. The summed E-state index contributed by atoms with van der Waals surface area (Å²) >= 11 is 11.3. The average Bonchev–Trinajstić information content (AvgIpc) is 1.99. The Morgan fingerprint density at radius 3 is 2.38 bits per heavy atom. The van der Waals surface area contributed by atoms with Crippen molar-refractivity contribution in [1.29, 1.82) is 0 Å². The fourth-order valence-electron chi connectivity index (χ4n) is 0.849. The molecule has 0 heterocycles. The van der Waals surface area contributed by atoms with Crippen LogP contribution in [-0.4, -0.2) is 6.10 Å². The minimum atomic E-state index is -0.526. The Balaban J connectivity index is 3.01. The van der Waals surface area contributed by atoms with Crippen LogP contribution in [0.3, 0.4) is 0 Å². The van der Waals surface area contributed by atoms with E-state index in [4.69, 9.17) is 27.9 Å². The number of ether oxygens (including phenoxy) is 1. The summed E-state index contributed by atoms with van der Waals surface area (Å²) in [5.74, 6) is -0.208. The summed E-state index contributed by atoms with van der Waals surface area (Å²) in [6, 6.07) is 2.51. The summed E-state index contributed by atoms with van der Waals surface area (Å²) in [6.07, 6.45) is -0.0434. The maximum Gasteiger partial charge on any atom is 0.145 e. The normalized spacial score (nSPS) is 10.6. The molecule has 0 N–H and O–H groups in total. The summed E-state index contributed by atoms with van der Waals surface area (Å²) in [5.41, 5.74) is 0. The van der Waals surface area contributed by atoms with Crippen LogP contribution in [0.2, 0.25) is 10.0 Å². The van der Waals surface area contributed by atoms with Gasteiger partial charge in [0.25, 0.3) is 0 Å². The van der Waals surface area contributed by atoms with E-state index in [0.717, 1.165) is 0 Å². The lowest BCUT2D eigenvalue weighted by molar-refractivity contribution is 0.241. The van der Waals surface area contributed by atoms with E-state index >= 15 is 0 Å². The number of hydrogen-bond acceptors (Lipinski definition) is 1. The molecule has 1 aromatic carbocycles. The smallest absolute Gasteiger partial charge is 0.145 e. The lowest BCUT2D eigenvalue weighted by atomic mass is 10.3. The van der Waals surface area contributed by atoms with Gasteiger partial charge in [-0.2, -0.15) is 0 Å². The maximum atomic E-state index is 12.9. The van der Waals surface area contributed by atoms with Crippen molar-refractivity contribution < 1.29 is 9.13 Å². The van der Waals surface area contributed by atoms with Gasteiger partial charge in [-0.25, -0.2) is 4.39 Å². The molecule has 72 valence electrons. The van der Waals surface area contributed by atoms with Crippen LogP contribution in [0.1, 0.15) is 13.8 Å². The highest BCUT2D eigenvalue weighted by atomic mass is 35.5. The molecule has 4 heteroatoms. The first-order chi connectivity index (χ1) is 6.00.